The molecule has 1 atom stereocenters. The Labute approximate surface area is 129 Å². The van der Waals surface area contributed by atoms with Gasteiger partial charge in [0.05, 0.1) is 6.10 Å². The van der Waals surface area contributed by atoms with Gasteiger partial charge in [0.15, 0.2) is 0 Å². The SMILES string of the molecule is CC[C@@H](C)Oc1cc(C(=O)Nc2n[nH]c(C(C)C)n2)ccn1. The van der Waals surface area contributed by atoms with Gasteiger partial charge in [0.2, 0.25) is 11.8 Å². The molecule has 0 saturated carbocycles. The number of nitrogens with zero attached hydrogens (tertiary/aromatic N) is 3. The van der Waals surface area contributed by atoms with Gasteiger partial charge in [0.25, 0.3) is 5.91 Å². The number of carbonyl (C=O) groups excluding carboxylic acids is 1. The molecule has 7 nitrogen and oxygen atoms in total. The molecule has 22 heavy (non-hydrogen) atoms. The number of carbonyl (C=O) groups is 1. The van der Waals surface area contributed by atoms with Gasteiger partial charge in [-0.3, -0.25) is 15.2 Å². The van der Waals surface area contributed by atoms with Crippen molar-refractivity contribution in [3.8, 4) is 5.88 Å². The van der Waals surface area contributed by atoms with E-state index < -0.39 is 0 Å². The minimum Gasteiger partial charge on any atom is -0.475 e. The third kappa shape index (κ3) is 4.03. The van der Waals surface area contributed by atoms with Gasteiger partial charge in [-0.05, 0) is 19.4 Å². The molecule has 1 amide bonds. The predicted molar refractivity (Wildman–Crippen MR) is 83.0 cm³/mol. The normalized spacial score (nSPS) is 12.2. The summed E-state index contributed by atoms with van der Waals surface area (Å²) in [5.74, 6) is 1.33. The first-order valence-electron chi connectivity index (χ1n) is 7.36. The number of anilines is 1. The van der Waals surface area contributed by atoms with Crippen LogP contribution in [0.1, 0.15) is 56.2 Å². The molecule has 2 heterocycles. The van der Waals surface area contributed by atoms with E-state index in [0.29, 0.717) is 11.4 Å². The van der Waals surface area contributed by atoms with Crippen molar-refractivity contribution in [2.75, 3.05) is 5.32 Å². The molecule has 2 rings (SSSR count). The second kappa shape index (κ2) is 7.02. The van der Waals surface area contributed by atoms with Crippen molar-refractivity contribution in [3.05, 3.63) is 29.7 Å². The van der Waals surface area contributed by atoms with E-state index in [1.165, 1.54) is 0 Å². The lowest BCUT2D eigenvalue weighted by atomic mass is 10.2. The van der Waals surface area contributed by atoms with E-state index in [0.717, 1.165) is 12.2 Å². The molecule has 0 aromatic carbocycles. The van der Waals surface area contributed by atoms with E-state index in [4.69, 9.17) is 4.74 Å². The molecular weight excluding hydrogens is 282 g/mol. The van der Waals surface area contributed by atoms with Gasteiger partial charge in [0.1, 0.15) is 5.82 Å². The maximum absolute atomic E-state index is 12.2. The van der Waals surface area contributed by atoms with E-state index in [1.807, 2.05) is 27.7 Å². The fraction of sp³-hybridized carbons (Fsp3) is 0.467. The van der Waals surface area contributed by atoms with Crippen molar-refractivity contribution in [1.29, 1.82) is 0 Å². The zero-order chi connectivity index (χ0) is 16.1. The number of nitrogens with one attached hydrogen (secondary N) is 2. The number of rotatable bonds is 6. The first-order chi connectivity index (χ1) is 10.5. The molecule has 0 spiro atoms. The van der Waals surface area contributed by atoms with Crippen LogP contribution in [-0.2, 0) is 0 Å². The fourth-order valence-corrected chi connectivity index (χ4v) is 1.67. The number of amides is 1. The van der Waals surface area contributed by atoms with Gasteiger partial charge in [0, 0.05) is 23.7 Å². The van der Waals surface area contributed by atoms with Crippen LogP contribution in [0.5, 0.6) is 5.88 Å². The molecule has 0 bridgehead atoms. The van der Waals surface area contributed by atoms with E-state index in [1.54, 1.807) is 18.3 Å². The molecule has 118 valence electrons. The van der Waals surface area contributed by atoms with Crippen molar-refractivity contribution >= 4 is 11.9 Å². The Balaban J connectivity index is 2.07. The zero-order valence-electron chi connectivity index (χ0n) is 13.3. The van der Waals surface area contributed by atoms with Crippen LogP contribution < -0.4 is 10.1 Å². The van der Waals surface area contributed by atoms with E-state index in [2.05, 4.69) is 25.5 Å². The van der Waals surface area contributed by atoms with Crippen molar-refractivity contribution < 1.29 is 9.53 Å². The average Bonchev–Trinajstić information content (AvgIpc) is 2.96. The van der Waals surface area contributed by atoms with Gasteiger partial charge in [-0.15, -0.1) is 5.10 Å². The van der Waals surface area contributed by atoms with Crippen LogP contribution in [0.3, 0.4) is 0 Å². The molecule has 0 aliphatic rings. The molecule has 0 aliphatic carbocycles. The molecule has 2 N–H and O–H groups in total. The monoisotopic (exact) mass is 303 g/mol. The number of pyridine rings is 1. The van der Waals surface area contributed by atoms with Crippen molar-refractivity contribution in [1.82, 2.24) is 20.2 Å². The third-order valence-corrected chi connectivity index (χ3v) is 3.17. The summed E-state index contributed by atoms with van der Waals surface area (Å²) in [5.41, 5.74) is 0.448. The highest BCUT2D eigenvalue weighted by Gasteiger charge is 2.13. The molecule has 0 unspecified atom stereocenters. The topological polar surface area (TPSA) is 92.8 Å². The fourth-order valence-electron chi connectivity index (χ4n) is 1.67. The Morgan fingerprint density at radius 1 is 1.41 bits per heavy atom. The second-order valence-electron chi connectivity index (χ2n) is 5.37. The molecule has 0 fully saturated rings. The molecule has 0 aliphatic heterocycles. The van der Waals surface area contributed by atoms with Gasteiger partial charge in [-0.1, -0.05) is 20.8 Å². The van der Waals surface area contributed by atoms with Gasteiger partial charge < -0.3 is 4.74 Å². The summed E-state index contributed by atoms with van der Waals surface area (Å²) in [6.07, 6.45) is 2.46. The maximum Gasteiger partial charge on any atom is 0.258 e. The molecule has 2 aromatic heterocycles. The summed E-state index contributed by atoms with van der Waals surface area (Å²) in [6.45, 7) is 7.97. The minimum absolute atomic E-state index is 0.0485. The van der Waals surface area contributed by atoms with Gasteiger partial charge in [-0.2, -0.15) is 4.98 Å². The highest BCUT2D eigenvalue weighted by Crippen LogP contribution is 2.14. The Kier molecular flexibility index (Phi) is 5.08. The Morgan fingerprint density at radius 2 is 2.18 bits per heavy atom. The van der Waals surface area contributed by atoms with E-state index in [-0.39, 0.29) is 23.9 Å². The number of H-pyrrole nitrogens is 1. The summed E-state index contributed by atoms with van der Waals surface area (Å²) in [5, 5.41) is 9.42. The van der Waals surface area contributed by atoms with E-state index in [9.17, 15) is 4.79 Å². The lowest BCUT2D eigenvalue weighted by Crippen LogP contribution is -2.15. The maximum atomic E-state index is 12.2. The Bertz CT molecular complexity index is 638. The molecule has 7 heteroatoms. The summed E-state index contributed by atoms with van der Waals surface area (Å²) >= 11 is 0. The molecule has 2 aromatic rings. The van der Waals surface area contributed by atoms with Crippen molar-refractivity contribution in [2.24, 2.45) is 0 Å². The van der Waals surface area contributed by atoms with Crippen LogP contribution in [-0.4, -0.2) is 32.2 Å². The number of aromatic amines is 1. The van der Waals surface area contributed by atoms with Crippen LogP contribution in [0.4, 0.5) is 5.95 Å². The van der Waals surface area contributed by atoms with Crippen LogP contribution in [0.15, 0.2) is 18.3 Å². The van der Waals surface area contributed by atoms with Crippen LogP contribution >= 0.6 is 0 Å². The lowest BCUT2D eigenvalue weighted by Gasteiger charge is -2.11. The first-order valence-corrected chi connectivity index (χ1v) is 7.36. The molecule has 0 radical (unpaired) electrons. The van der Waals surface area contributed by atoms with Crippen molar-refractivity contribution in [3.63, 3.8) is 0 Å². The van der Waals surface area contributed by atoms with Gasteiger partial charge >= 0.3 is 0 Å². The average molecular weight is 303 g/mol. The summed E-state index contributed by atoms with van der Waals surface area (Å²) < 4.78 is 5.61. The quantitative estimate of drug-likeness (QED) is 0.856. The zero-order valence-corrected chi connectivity index (χ0v) is 13.3. The number of hydrogen-bond acceptors (Lipinski definition) is 5. The Morgan fingerprint density at radius 3 is 2.82 bits per heavy atom. The van der Waals surface area contributed by atoms with Crippen LogP contribution in [0.2, 0.25) is 0 Å². The number of ether oxygens (including phenoxy) is 1. The molecule has 0 saturated heterocycles. The number of hydrogen-bond donors (Lipinski definition) is 2. The van der Waals surface area contributed by atoms with Crippen LogP contribution in [0.25, 0.3) is 0 Å². The minimum atomic E-state index is -0.300. The van der Waals surface area contributed by atoms with Crippen LogP contribution in [0, 0.1) is 0 Å². The summed E-state index contributed by atoms with van der Waals surface area (Å²) in [6, 6.07) is 3.23. The largest absolute Gasteiger partial charge is 0.475 e. The standard InChI is InChI=1S/C15H21N5O2/c1-5-10(4)22-12-8-11(6-7-16-12)14(21)18-15-17-13(9(2)3)19-20-15/h6-10H,5H2,1-4H3,(H2,17,18,19,20,21)/t10-/m1/s1. The summed E-state index contributed by atoms with van der Waals surface area (Å²) in [4.78, 5) is 20.5. The van der Waals surface area contributed by atoms with Crippen molar-refractivity contribution in [2.45, 2.75) is 46.1 Å². The highest BCUT2D eigenvalue weighted by molar-refractivity contribution is 6.03. The third-order valence-electron chi connectivity index (χ3n) is 3.17. The molecular formula is C15H21N5O2. The smallest absolute Gasteiger partial charge is 0.258 e. The predicted octanol–water partition coefficient (Wildman–Crippen LogP) is 2.75. The first kappa shape index (κ1) is 15.9. The number of aromatic nitrogens is 4. The lowest BCUT2D eigenvalue weighted by molar-refractivity contribution is 0.102. The second-order valence-corrected chi connectivity index (χ2v) is 5.37. The summed E-state index contributed by atoms with van der Waals surface area (Å²) in [7, 11) is 0. The van der Waals surface area contributed by atoms with E-state index >= 15 is 0 Å². The van der Waals surface area contributed by atoms with Gasteiger partial charge in [-0.25, -0.2) is 4.98 Å². The Hall–Kier alpha value is -2.44. The highest BCUT2D eigenvalue weighted by atomic mass is 16.5.